The third-order valence-corrected chi connectivity index (χ3v) is 4.46. The van der Waals surface area contributed by atoms with E-state index in [1.165, 1.54) is 0 Å². The molecule has 2 N–H and O–H groups in total. The number of rotatable bonds is 5. The van der Waals surface area contributed by atoms with Crippen molar-refractivity contribution in [2.24, 2.45) is 0 Å². The van der Waals surface area contributed by atoms with E-state index in [9.17, 15) is 4.79 Å². The highest BCUT2D eigenvalue weighted by molar-refractivity contribution is 5.82. The Morgan fingerprint density at radius 3 is 2.79 bits per heavy atom. The molecule has 2 aliphatic heterocycles. The molecule has 1 atom stereocenters. The second-order valence-corrected chi connectivity index (χ2v) is 5.70. The largest absolute Gasteiger partial charge is 0.396 e. The molecule has 0 spiro atoms. The van der Waals surface area contributed by atoms with Gasteiger partial charge in [-0.25, -0.2) is 0 Å². The second kappa shape index (κ2) is 7.22. The first-order valence-corrected chi connectivity index (χ1v) is 7.56. The highest BCUT2D eigenvalue weighted by atomic mass is 16.3. The average Bonchev–Trinajstić information content (AvgIpc) is 2.92. The predicted octanol–water partition coefficient (Wildman–Crippen LogP) is 0.0436. The number of aliphatic hydroxyl groups is 1. The molecular formula is C14H27N3O2. The molecule has 0 aromatic rings. The number of carbonyl (C=O) groups is 1. The van der Waals surface area contributed by atoms with Crippen LogP contribution in [0.25, 0.3) is 0 Å². The van der Waals surface area contributed by atoms with Gasteiger partial charge in [0.15, 0.2) is 0 Å². The summed E-state index contributed by atoms with van der Waals surface area (Å²) in [5.74, 6) is 0.280. The summed E-state index contributed by atoms with van der Waals surface area (Å²) in [6.45, 7) is 4.08. The first-order valence-electron chi connectivity index (χ1n) is 7.56. The van der Waals surface area contributed by atoms with Crippen LogP contribution in [0.4, 0.5) is 0 Å². The molecule has 2 saturated heterocycles. The van der Waals surface area contributed by atoms with E-state index in [1.54, 1.807) is 0 Å². The molecule has 0 aromatic carbocycles. The van der Waals surface area contributed by atoms with Crippen molar-refractivity contribution in [1.82, 2.24) is 15.1 Å². The lowest BCUT2D eigenvalue weighted by Crippen LogP contribution is -2.50. The van der Waals surface area contributed by atoms with E-state index in [0.717, 1.165) is 58.3 Å². The van der Waals surface area contributed by atoms with Gasteiger partial charge in [0.25, 0.3) is 0 Å². The monoisotopic (exact) mass is 269 g/mol. The van der Waals surface area contributed by atoms with Crippen molar-refractivity contribution in [3.63, 3.8) is 0 Å². The minimum atomic E-state index is 0.0476. The summed E-state index contributed by atoms with van der Waals surface area (Å²) in [6, 6.07) is 0.445. The van der Waals surface area contributed by atoms with Gasteiger partial charge in [-0.1, -0.05) is 0 Å². The molecule has 110 valence electrons. The van der Waals surface area contributed by atoms with Crippen LogP contribution in [-0.4, -0.2) is 72.7 Å². The smallest absolute Gasteiger partial charge is 0.239 e. The normalized spacial score (nSPS) is 25.7. The molecule has 19 heavy (non-hydrogen) atoms. The molecular weight excluding hydrogens is 242 g/mol. The maximum absolute atomic E-state index is 12.6. The maximum atomic E-state index is 12.6. The molecule has 0 saturated carbocycles. The number of hydrogen-bond acceptors (Lipinski definition) is 4. The Hall–Kier alpha value is -0.650. The van der Waals surface area contributed by atoms with E-state index < -0.39 is 0 Å². The van der Waals surface area contributed by atoms with E-state index in [2.05, 4.69) is 10.2 Å². The Labute approximate surface area is 115 Å². The van der Waals surface area contributed by atoms with Crippen LogP contribution in [0.15, 0.2) is 0 Å². The number of nitrogens with zero attached hydrogens (tertiary/aromatic N) is 2. The summed E-state index contributed by atoms with van der Waals surface area (Å²) in [5, 5.41) is 12.3. The number of nitrogens with one attached hydrogen (secondary N) is 1. The number of likely N-dealkylation sites (tertiary alicyclic amines) is 1. The summed E-state index contributed by atoms with van der Waals surface area (Å²) in [6.07, 6.45) is 4.96. The van der Waals surface area contributed by atoms with Crippen molar-refractivity contribution in [3.8, 4) is 0 Å². The highest BCUT2D eigenvalue weighted by Crippen LogP contribution is 2.21. The number of hydrogen-bond donors (Lipinski definition) is 2. The summed E-state index contributed by atoms with van der Waals surface area (Å²) in [4.78, 5) is 16.8. The van der Waals surface area contributed by atoms with E-state index in [-0.39, 0.29) is 18.6 Å². The maximum Gasteiger partial charge on any atom is 0.239 e. The van der Waals surface area contributed by atoms with E-state index >= 15 is 0 Å². The Morgan fingerprint density at radius 1 is 1.37 bits per heavy atom. The Kier molecular flexibility index (Phi) is 5.60. The Balaban J connectivity index is 1.89. The molecule has 0 radical (unpaired) electrons. The van der Waals surface area contributed by atoms with Gasteiger partial charge >= 0.3 is 0 Å². The zero-order chi connectivity index (χ0) is 13.7. The minimum Gasteiger partial charge on any atom is -0.396 e. The third kappa shape index (κ3) is 3.68. The predicted molar refractivity (Wildman–Crippen MR) is 75.0 cm³/mol. The SMILES string of the molecule is CN(C(=O)C1CCCN1CCCO)C1CCNCC1. The van der Waals surface area contributed by atoms with Gasteiger partial charge in [-0.15, -0.1) is 0 Å². The fourth-order valence-corrected chi connectivity index (χ4v) is 3.26. The Bertz CT molecular complexity index is 292. The van der Waals surface area contributed by atoms with Gasteiger partial charge in [-0.2, -0.15) is 0 Å². The van der Waals surface area contributed by atoms with Gasteiger partial charge in [0.05, 0.1) is 6.04 Å². The van der Waals surface area contributed by atoms with Crippen LogP contribution in [0.5, 0.6) is 0 Å². The third-order valence-electron chi connectivity index (χ3n) is 4.46. The summed E-state index contributed by atoms with van der Waals surface area (Å²) in [7, 11) is 1.96. The van der Waals surface area contributed by atoms with Crippen LogP contribution in [0.1, 0.15) is 32.1 Å². The lowest BCUT2D eigenvalue weighted by molar-refractivity contribution is -0.137. The second-order valence-electron chi connectivity index (χ2n) is 5.70. The van der Waals surface area contributed by atoms with Gasteiger partial charge in [0.2, 0.25) is 5.91 Å². The van der Waals surface area contributed by atoms with Crippen molar-refractivity contribution in [3.05, 3.63) is 0 Å². The van der Waals surface area contributed by atoms with Gasteiger partial charge in [-0.05, 0) is 51.7 Å². The molecule has 2 aliphatic rings. The Morgan fingerprint density at radius 2 is 2.11 bits per heavy atom. The molecule has 1 amide bonds. The highest BCUT2D eigenvalue weighted by Gasteiger charge is 2.34. The van der Waals surface area contributed by atoms with Gasteiger partial charge < -0.3 is 15.3 Å². The molecule has 0 aliphatic carbocycles. The summed E-state index contributed by atoms with van der Waals surface area (Å²) >= 11 is 0. The van der Waals surface area contributed by atoms with E-state index in [4.69, 9.17) is 5.11 Å². The number of likely N-dealkylation sites (N-methyl/N-ethyl adjacent to an activating group) is 1. The lowest BCUT2D eigenvalue weighted by atomic mass is 10.0. The van der Waals surface area contributed by atoms with Crippen molar-refractivity contribution in [2.75, 3.05) is 39.8 Å². The van der Waals surface area contributed by atoms with Crippen molar-refractivity contribution >= 4 is 5.91 Å². The zero-order valence-electron chi connectivity index (χ0n) is 12.0. The molecule has 5 nitrogen and oxygen atoms in total. The van der Waals surface area contributed by atoms with Crippen LogP contribution in [0.3, 0.4) is 0 Å². The van der Waals surface area contributed by atoms with Crippen molar-refractivity contribution < 1.29 is 9.90 Å². The fourth-order valence-electron chi connectivity index (χ4n) is 3.26. The molecule has 2 rings (SSSR count). The average molecular weight is 269 g/mol. The van der Waals surface area contributed by atoms with Gasteiger partial charge in [0.1, 0.15) is 0 Å². The number of carbonyl (C=O) groups excluding carboxylic acids is 1. The lowest BCUT2D eigenvalue weighted by Gasteiger charge is -2.35. The molecule has 2 fully saturated rings. The summed E-state index contributed by atoms with van der Waals surface area (Å²) in [5.41, 5.74) is 0. The molecule has 1 unspecified atom stereocenters. The fraction of sp³-hybridized carbons (Fsp3) is 0.929. The van der Waals surface area contributed by atoms with Crippen LogP contribution >= 0.6 is 0 Å². The number of amides is 1. The molecule has 2 heterocycles. The van der Waals surface area contributed by atoms with Crippen molar-refractivity contribution in [1.29, 1.82) is 0 Å². The zero-order valence-corrected chi connectivity index (χ0v) is 12.0. The summed E-state index contributed by atoms with van der Waals surface area (Å²) < 4.78 is 0. The van der Waals surface area contributed by atoms with Crippen LogP contribution in [-0.2, 0) is 4.79 Å². The standard InChI is InChI=1S/C14H27N3O2/c1-16(12-5-7-15-8-6-12)14(19)13-4-2-9-17(13)10-3-11-18/h12-13,15,18H,2-11H2,1H3. The minimum absolute atomic E-state index is 0.0476. The van der Waals surface area contributed by atoms with Crippen LogP contribution in [0.2, 0.25) is 0 Å². The van der Waals surface area contributed by atoms with Crippen molar-refractivity contribution in [2.45, 2.75) is 44.2 Å². The number of aliphatic hydroxyl groups excluding tert-OH is 1. The van der Waals surface area contributed by atoms with Gasteiger partial charge in [-0.3, -0.25) is 9.69 Å². The first kappa shape index (κ1) is 14.8. The molecule has 0 aromatic heterocycles. The van der Waals surface area contributed by atoms with Crippen LogP contribution in [0, 0.1) is 0 Å². The topological polar surface area (TPSA) is 55.8 Å². The first-order chi connectivity index (χ1) is 9.24. The number of piperidine rings is 1. The molecule has 5 heteroatoms. The van der Waals surface area contributed by atoms with Gasteiger partial charge in [0, 0.05) is 26.2 Å². The van der Waals surface area contributed by atoms with E-state index in [1.807, 2.05) is 11.9 Å². The van der Waals surface area contributed by atoms with E-state index in [0.29, 0.717) is 6.04 Å². The molecule has 0 bridgehead atoms. The quantitative estimate of drug-likeness (QED) is 0.740. The van der Waals surface area contributed by atoms with Crippen LogP contribution < -0.4 is 5.32 Å².